The molecule has 0 saturated carbocycles. The van der Waals surface area contributed by atoms with Gasteiger partial charge in [0.25, 0.3) is 0 Å². The number of nitrogens with one attached hydrogen (secondary N) is 1. The Kier molecular flexibility index (Phi) is 4.77. The van der Waals surface area contributed by atoms with Gasteiger partial charge in [-0.3, -0.25) is 9.69 Å². The zero-order chi connectivity index (χ0) is 17.9. The van der Waals surface area contributed by atoms with Gasteiger partial charge >= 0.3 is 0 Å². The highest BCUT2D eigenvalue weighted by Crippen LogP contribution is 2.31. The Labute approximate surface area is 154 Å². The van der Waals surface area contributed by atoms with Gasteiger partial charge in [-0.1, -0.05) is 24.1 Å². The summed E-state index contributed by atoms with van der Waals surface area (Å²) >= 11 is 0. The molecule has 2 aliphatic rings. The monoisotopic (exact) mass is 348 g/mol. The molecule has 1 amide bonds. The summed E-state index contributed by atoms with van der Waals surface area (Å²) in [5.74, 6) is 3.70. The number of hydrogen-bond acceptors (Lipinski definition) is 3. The van der Waals surface area contributed by atoms with Gasteiger partial charge in [-0.05, 0) is 57.3 Å². The molecule has 1 aromatic heterocycles. The Morgan fingerprint density at radius 2 is 2.00 bits per heavy atom. The smallest absolute Gasteiger partial charge is 0.228 e. The first-order chi connectivity index (χ1) is 12.8. The maximum atomic E-state index is 12.9. The maximum absolute atomic E-state index is 12.9. The third-order valence-corrected chi connectivity index (χ3v) is 5.42. The maximum Gasteiger partial charge on any atom is 0.228 e. The molecule has 0 unspecified atom stereocenters. The lowest BCUT2D eigenvalue weighted by molar-refractivity contribution is -0.121. The highest BCUT2D eigenvalue weighted by atomic mass is 16.2. The molecule has 1 aliphatic carbocycles. The van der Waals surface area contributed by atoms with E-state index in [-0.39, 0.29) is 11.8 Å². The normalized spacial score (nSPS) is 17.7. The van der Waals surface area contributed by atoms with E-state index in [1.54, 1.807) is 0 Å². The molecule has 5 nitrogen and oxygen atoms in total. The van der Waals surface area contributed by atoms with Gasteiger partial charge in [-0.25, -0.2) is 4.68 Å². The predicted molar refractivity (Wildman–Crippen MR) is 102 cm³/mol. The number of rotatable bonds is 4. The van der Waals surface area contributed by atoms with Crippen molar-refractivity contribution in [1.29, 1.82) is 0 Å². The molecule has 2 heterocycles. The topological polar surface area (TPSA) is 50.2 Å². The minimum absolute atomic E-state index is 0.0419. The van der Waals surface area contributed by atoms with Crippen LogP contribution in [0.5, 0.6) is 0 Å². The zero-order valence-electron chi connectivity index (χ0n) is 14.9. The first-order valence-electron chi connectivity index (χ1n) is 9.39. The number of amides is 1. The number of fused-ring (bicyclic) bond motifs is 1. The van der Waals surface area contributed by atoms with Crippen LogP contribution in [0.3, 0.4) is 0 Å². The average molecular weight is 348 g/mol. The molecule has 1 fully saturated rings. The summed E-state index contributed by atoms with van der Waals surface area (Å²) in [6, 6.07) is 10.0. The fraction of sp³-hybridized carbons (Fsp3) is 0.429. The van der Waals surface area contributed by atoms with Crippen molar-refractivity contribution in [3.8, 4) is 18.0 Å². The second-order valence-electron chi connectivity index (χ2n) is 7.12. The zero-order valence-corrected chi connectivity index (χ0v) is 14.9. The molecule has 1 aromatic carbocycles. The van der Waals surface area contributed by atoms with Gasteiger partial charge in [0.2, 0.25) is 5.91 Å². The third-order valence-electron chi connectivity index (χ3n) is 5.42. The van der Waals surface area contributed by atoms with Crippen molar-refractivity contribution in [1.82, 2.24) is 14.7 Å². The van der Waals surface area contributed by atoms with E-state index in [0.717, 1.165) is 62.4 Å². The number of para-hydroxylation sites is 1. The predicted octanol–water partition coefficient (Wildman–Crippen LogP) is 2.64. The van der Waals surface area contributed by atoms with E-state index >= 15 is 0 Å². The van der Waals surface area contributed by atoms with Gasteiger partial charge in [0.1, 0.15) is 5.82 Å². The van der Waals surface area contributed by atoms with Gasteiger partial charge in [0.05, 0.1) is 17.9 Å². The number of nitrogens with zero attached hydrogens (tertiary/aromatic N) is 3. The van der Waals surface area contributed by atoms with Crippen molar-refractivity contribution in [2.45, 2.75) is 32.1 Å². The number of aryl methyl sites for hydroxylation is 1. The van der Waals surface area contributed by atoms with Crippen LogP contribution in [-0.4, -0.2) is 40.2 Å². The van der Waals surface area contributed by atoms with Gasteiger partial charge in [0.15, 0.2) is 0 Å². The summed E-state index contributed by atoms with van der Waals surface area (Å²) in [6.45, 7) is 2.44. The Morgan fingerprint density at radius 1 is 1.23 bits per heavy atom. The van der Waals surface area contributed by atoms with E-state index in [0.29, 0.717) is 6.54 Å². The summed E-state index contributed by atoms with van der Waals surface area (Å²) in [6.07, 6.45) is 10.2. The number of piperidine rings is 1. The molecular formula is C21H24N4O. The molecule has 0 radical (unpaired) electrons. The van der Waals surface area contributed by atoms with Crippen LogP contribution in [0.2, 0.25) is 0 Å². The van der Waals surface area contributed by atoms with Crippen molar-refractivity contribution >= 4 is 11.7 Å². The lowest BCUT2D eigenvalue weighted by atomic mass is 9.96. The van der Waals surface area contributed by atoms with Crippen molar-refractivity contribution < 1.29 is 4.79 Å². The van der Waals surface area contributed by atoms with Crippen LogP contribution in [0.1, 0.15) is 30.5 Å². The molecule has 1 saturated heterocycles. The third kappa shape index (κ3) is 3.25. The van der Waals surface area contributed by atoms with Crippen molar-refractivity contribution in [3.05, 3.63) is 41.6 Å². The van der Waals surface area contributed by atoms with Crippen molar-refractivity contribution in [2.24, 2.45) is 5.92 Å². The number of aromatic nitrogens is 2. The van der Waals surface area contributed by atoms with Crippen LogP contribution in [0.25, 0.3) is 5.69 Å². The molecule has 4 rings (SSSR count). The molecule has 0 spiro atoms. The quantitative estimate of drug-likeness (QED) is 0.864. The molecule has 1 N–H and O–H groups in total. The van der Waals surface area contributed by atoms with Crippen LogP contribution in [0.4, 0.5) is 5.82 Å². The number of hydrogen-bond donors (Lipinski definition) is 1. The molecule has 1 aliphatic heterocycles. The lowest BCUT2D eigenvalue weighted by Crippen LogP contribution is -2.38. The summed E-state index contributed by atoms with van der Waals surface area (Å²) in [5, 5.41) is 7.98. The fourth-order valence-electron chi connectivity index (χ4n) is 3.98. The van der Waals surface area contributed by atoms with Crippen molar-refractivity contribution in [2.75, 3.05) is 25.0 Å². The summed E-state index contributed by atoms with van der Waals surface area (Å²) in [7, 11) is 0. The Hall–Kier alpha value is -2.58. The van der Waals surface area contributed by atoms with E-state index in [1.807, 2.05) is 35.0 Å². The Balaban J connectivity index is 1.53. The second kappa shape index (κ2) is 7.35. The number of terminal acetylenes is 1. The number of benzene rings is 1. The van der Waals surface area contributed by atoms with E-state index in [2.05, 4.69) is 16.1 Å². The van der Waals surface area contributed by atoms with Gasteiger partial charge in [-0.2, -0.15) is 5.10 Å². The average Bonchev–Trinajstić information content (AvgIpc) is 3.26. The summed E-state index contributed by atoms with van der Waals surface area (Å²) in [5.41, 5.74) is 3.31. The molecule has 134 valence electrons. The number of anilines is 1. The highest BCUT2D eigenvalue weighted by molar-refractivity contribution is 5.93. The first-order valence-corrected chi connectivity index (χ1v) is 9.39. The SMILES string of the molecule is C#CCN1CCC(C(=O)Nc2c3c(nn2-c2ccccc2)CCC3)CC1. The molecule has 5 heteroatoms. The van der Waals surface area contributed by atoms with Crippen LogP contribution >= 0.6 is 0 Å². The highest BCUT2D eigenvalue weighted by Gasteiger charge is 2.28. The van der Waals surface area contributed by atoms with Gasteiger partial charge in [0, 0.05) is 11.5 Å². The largest absolute Gasteiger partial charge is 0.310 e. The Morgan fingerprint density at radius 3 is 2.73 bits per heavy atom. The van der Waals surface area contributed by atoms with E-state index in [4.69, 9.17) is 11.5 Å². The number of carbonyl (C=O) groups excluding carboxylic acids is 1. The van der Waals surface area contributed by atoms with E-state index in [9.17, 15) is 4.79 Å². The number of likely N-dealkylation sites (tertiary alicyclic amines) is 1. The minimum Gasteiger partial charge on any atom is -0.310 e. The van der Waals surface area contributed by atoms with Crippen LogP contribution in [0.15, 0.2) is 30.3 Å². The van der Waals surface area contributed by atoms with E-state index in [1.165, 1.54) is 5.56 Å². The second-order valence-corrected chi connectivity index (χ2v) is 7.12. The van der Waals surface area contributed by atoms with Gasteiger partial charge in [-0.15, -0.1) is 6.42 Å². The molecule has 0 bridgehead atoms. The standard InChI is InChI=1S/C21H24N4O/c1-2-13-24-14-11-16(12-15-24)21(26)22-20-18-9-6-10-19(18)23-25(20)17-7-4-3-5-8-17/h1,3-5,7-8,16H,6,9-15H2,(H,22,26). The molecular weight excluding hydrogens is 324 g/mol. The van der Waals surface area contributed by atoms with Crippen LogP contribution in [0, 0.1) is 18.3 Å². The lowest BCUT2D eigenvalue weighted by Gasteiger charge is -2.29. The fourth-order valence-corrected chi connectivity index (χ4v) is 3.98. The van der Waals surface area contributed by atoms with E-state index < -0.39 is 0 Å². The summed E-state index contributed by atoms with van der Waals surface area (Å²) < 4.78 is 1.90. The van der Waals surface area contributed by atoms with Gasteiger partial charge < -0.3 is 5.32 Å². The molecule has 26 heavy (non-hydrogen) atoms. The number of carbonyl (C=O) groups is 1. The van der Waals surface area contributed by atoms with Crippen LogP contribution in [-0.2, 0) is 17.6 Å². The molecule has 2 aromatic rings. The first kappa shape index (κ1) is 16.9. The van der Waals surface area contributed by atoms with Crippen molar-refractivity contribution in [3.63, 3.8) is 0 Å². The van der Waals surface area contributed by atoms with Crippen LogP contribution < -0.4 is 5.32 Å². The minimum atomic E-state index is 0.0419. The Bertz CT molecular complexity index is 826. The summed E-state index contributed by atoms with van der Waals surface area (Å²) in [4.78, 5) is 15.1. The molecule has 0 atom stereocenters.